The molecule has 0 aliphatic heterocycles. The largest absolute Gasteiger partial charge is 0.334 e. The van der Waals surface area contributed by atoms with Crippen LogP contribution in [0.2, 0.25) is 0 Å². The highest BCUT2D eigenvalue weighted by atomic mass is 79.9. The quantitative estimate of drug-likeness (QED) is 0.388. The molecule has 0 aliphatic carbocycles. The van der Waals surface area contributed by atoms with Crippen LogP contribution >= 0.6 is 31.9 Å². The second-order valence-corrected chi connectivity index (χ2v) is 9.78. The van der Waals surface area contributed by atoms with E-state index in [1.807, 2.05) is 12.1 Å². The molecule has 7 nitrogen and oxygen atoms in total. The van der Waals surface area contributed by atoms with Crippen LogP contribution < -0.4 is 15.4 Å². The van der Waals surface area contributed by atoms with Gasteiger partial charge in [0.1, 0.15) is 0 Å². The number of anilines is 2. The predicted octanol–water partition coefficient (Wildman–Crippen LogP) is 4.87. The molecular weight excluding hydrogens is 536 g/mol. The number of nitrogens with zero attached hydrogens (tertiary/aromatic N) is 1. The molecule has 0 saturated carbocycles. The summed E-state index contributed by atoms with van der Waals surface area (Å²) in [5.41, 5.74) is 2.54. The van der Waals surface area contributed by atoms with Crippen LogP contribution in [-0.4, -0.2) is 19.4 Å². The second-order valence-electron chi connectivity index (χ2n) is 6.35. The molecule has 1 aromatic heterocycles. The maximum atomic E-state index is 12.4. The number of rotatable bonds is 7. The summed E-state index contributed by atoms with van der Waals surface area (Å²) < 4.78 is 29.0. The molecule has 3 aromatic rings. The van der Waals surface area contributed by atoms with Crippen molar-refractivity contribution in [2.75, 3.05) is 10.0 Å². The van der Waals surface area contributed by atoms with E-state index in [1.165, 1.54) is 0 Å². The van der Waals surface area contributed by atoms with E-state index in [0.717, 1.165) is 14.5 Å². The molecule has 0 radical (unpaired) electrons. The summed E-state index contributed by atoms with van der Waals surface area (Å²) in [6.07, 6.45) is 3.31. The van der Waals surface area contributed by atoms with Crippen molar-refractivity contribution in [3.05, 3.63) is 87.1 Å². The molecule has 0 fully saturated rings. The highest BCUT2D eigenvalue weighted by Gasteiger charge is 2.13. The van der Waals surface area contributed by atoms with Crippen molar-refractivity contribution in [1.29, 1.82) is 0 Å². The van der Waals surface area contributed by atoms with Gasteiger partial charge in [-0.25, -0.2) is 13.2 Å². The molecule has 0 saturated heterocycles. The van der Waals surface area contributed by atoms with Gasteiger partial charge in [-0.3, -0.25) is 9.71 Å². The van der Waals surface area contributed by atoms with Crippen molar-refractivity contribution < 1.29 is 13.2 Å². The molecule has 3 rings (SSSR count). The first-order chi connectivity index (χ1) is 14.3. The lowest BCUT2D eigenvalue weighted by Gasteiger charge is -2.11. The van der Waals surface area contributed by atoms with Gasteiger partial charge in [0.2, 0.25) is 10.0 Å². The third kappa shape index (κ3) is 6.82. The number of urea groups is 1. The number of aromatic nitrogens is 1. The van der Waals surface area contributed by atoms with E-state index in [2.05, 4.69) is 52.2 Å². The lowest BCUT2D eigenvalue weighted by Crippen LogP contribution is -2.28. The maximum Gasteiger partial charge on any atom is 0.319 e. The average molecular weight is 554 g/mol. The summed E-state index contributed by atoms with van der Waals surface area (Å²) in [5.74, 6) is -0.156. The molecule has 2 amide bonds. The highest BCUT2D eigenvalue weighted by molar-refractivity contribution is 9.13. The van der Waals surface area contributed by atoms with Gasteiger partial charge in [-0.2, -0.15) is 0 Å². The number of amides is 2. The third-order valence-electron chi connectivity index (χ3n) is 3.96. The van der Waals surface area contributed by atoms with Gasteiger partial charge in [-0.1, -0.05) is 6.07 Å². The minimum atomic E-state index is -3.58. The summed E-state index contributed by atoms with van der Waals surface area (Å²) >= 11 is 6.73. The number of carbonyl (C=O) groups excluding carboxylic acids is 1. The summed E-state index contributed by atoms with van der Waals surface area (Å²) in [4.78, 5) is 15.9. The number of halogens is 2. The number of carbonyl (C=O) groups is 1. The van der Waals surface area contributed by atoms with Crippen molar-refractivity contribution in [3.8, 4) is 0 Å². The molecule has 0 unspecified atom stereocenters. The van der Waals surface area contributed by atoms with Crippen LogP contribution in [-0.2, 0) is 22.3 Å². The highest BCUT2D eigenvalue weighted by Crippen LogP contribution is 2.25. The summed E-state index contributed by atoms with van der Waals surface area (Å²) in [5, 5.41) is 5.44. The smallest absolute Gasteiger partial charge is 0.319 e. The summed E-state index contributed by atoms with van der Waals surface area (Å²) in [6, 6.07) is 15.0. The fourth-order valence-electron chi connectivity index (χ4n) is 2.54. The van der Waals surface area contributed by atoms with E-state index in [-0.39, 0.29) is 11.8 Å². The fourth-order valence-corrected chi connectivity index (χ4v) is 4.40. The van der Waals surface area contributed by atoms with E-state index in [1.54, 1.807) is 54.9 Å². The Morgan fingerprint density at radius 1 is 0.867 bits per heavy atom. The zero-order chi connectivity index (χ0) is 21.6. The predicted molar refractivity (Wildman–Crippen MR) is 125 cm³/mol. The lowest BCUT2D eigenvalue weighted by molar-refractivity contribution is 0.251. The first kappa shape index (κ1) is 22.3. The van der Waals surface area contributed by atoms with Crippen LogP contribution in [0, 0.1) is 0 Å². The molecule has 2 aromatic carbocycles. The van der Waals surface area contributed by atoms with E-state index in [9.17, 15) is 13.2 Å². The molecule has 1 heterocycles. The topological polar surface area (TPSA) is 100 Å². The van der Waals surface area contributed by atoms with Crippen LogP contribution in [0.4, 0.5) is 16.2 Å². The van der Waals surface area contributed by atoms with Crippen molar-refractivity contribution >= 4 is 59.3 Å². The molecule has 156 valence electrons. The van der Waals surface area contributed by atoms with Gasteiger partial charge < -0.3 is 10.6 Å². The van der Waals surface area contributed by atoms with E-state index in [4.69, 9.17) is 0 Å². The molecule has 0 bridgehead atoms. The van der Waals surface area contributed by atoms with Gasteiger partial charge in [0.05, 0.1) is 5.75 Å². The first-order valence-electron chi connectivity index (χ1n) is 8.79. The Morgan fingerprint density at radius 2 is 1.53 bits per heavy atom. The van der Waals surface area contributed by atoms with Gasteiger partial charge in [-0.05, 0) is 91.5 Å². The summed E-state index contributed by atoms with van der Waals surface area (Å²) in [7, 11) is -3.58. The third-order valence-corrected chi connectivity index (χ3v) is 7.10. The Morgan fingerprint density at radius 3 is 2.20 bits per heavy atom. The Hall–Kier alpha value is -2.43. The maximum absolute atomic E-state index is 12.4. The number of hydrogen-bond donors (Lipinski definition) is 3. The van der Waals surface area contributed by atoms with Crippen LogP contribution in [0.1, 0.15) is 11.1 Å². The number of sulfonamides is 1. The number of nitrogens with one attached hydrogen (secondary N) is 3. The fraction of sp³-hybridized carbons (Fsp3) is 0.100. The van der Waals surface area contributed by atoms with Crippen molar-refractivity contribution in [2.45, 2.75) is 12.3 Å². The lowest BCUT2D eigenvalue weighted by atomic mass is 10.2. The average Bonchev–Trinajstić information content (AvgIpc) is 2.71. The molecule has 10 heteroatoms. The van der Waals surface area contributed by atoms with Gasteiger partial charge in [0.25, 0.3) is 0 Å². The Balaban J connectivity index is 1.54. The second kappa shape index (κ2) is 10.1. The van der Waals surface area contributed by atoms with E-state index >= 15 is 0 Å². The van der Waals surface area contributed by atoms with Gasteiger partial charge in [-0.15, -0.1) is 0 Å². The Bertz CT molecular complexity index is 1120. The number of pyridine rings is 1. The van der Waals surface area contributed by atoms with Crippen LogP contribution in [0.15, 0.2) is 75.9 Å². The molecule has 3 N–H and O–H groups in total. The van der Waals surface area contributed by atoms with Crippen LogP contribution in [0.3, 0.4) is 0 Å². The number of benzene rings is 2. The molecular formula is C20H18Br2N4O3S. The zero-order valence-electron chi connectivity index (χ0n) is 15.6. The SMILES string of the molecule is O=C(NCc1ccncc1)Nc1ccc(NS(=O)(=O)Cc2ccc(Br)c(Br)c2)cc1. The minimum absolute atomic E-state index is 0.156. The van der Waals surface area contributed by atoms with Crippen LogP contribution in [0.25, 0.3) is 0 Å². The van der Waals surface area contributed by atoms with Crippen molar-refractivity contribution in [3.63, 3.8) is 0 Å². The normalized spacial score (nSPS) is 11.0. The van der Waals surface area contributed by atoms with Crippen molar-refractivity contribution in [2.24, 2.45) is 0 Å². The van der Waals surface area contributed by atoms with Gasteiger partial charge in [0, 0.05) is 39.3 Å². The van der Waals surface area contributed by atoms with Gasteiger partial charge in [0.15, 0.2) is 0 Å². The van der Waals surface area contributed by atoms with Crippen molar-refractivity contribution in [1.82, 2.24) is 10.3 Å². The Labute approximate surface area is 191 Å². The standard InChI is InChI=1S/C20H18Br2N4O3S/c21-18-6-1-15(11-19(18)22)13-30(28,29)26-17-4-2-16(3-5-17)25-20(27)24-12-14-7-9-23-10-8-14/h1-11,26H,12-13H2,(H2,24,25,27). The van der Waals surface area contributed by atoms with E-state index < -0.39 is 10.0 Å². The molecule has 30 heavy (non-hydrogen) atoms. The summed E-state index contributed by atoms with van der Waals surface area (Å²) in [6.45, 7) is 0.373. The molecule has 0 aliphatic rings. The van der Waals surface area contributed by atoms with Gasteiger partial charge >= 0.3 is 6.03 Å². The minimum Gasteiger partial charge on any atom is -0.334 e. The first-order valence-corrected chi connectivity index (χ1v) is 12.0. The van der Waals surface area contributed by atoms with Crippen LogP contribution in [0.5, 0.6) is 0 Å². The number of hydrogen-bond acceptors (Lipinski definition) is 4. The van der Waals surface area contributed by atoms with E-state index in [0.29, 0.717) is 23.5 Å². The monoisotopic (exact) mass is 552 g/mol. The zero-order valence-corrected chi connectivity index (χ0v) is 19.6. The molecule has 0 atom stereocenters. The Kier molecular flexibility index (Phi) is 7.46. The molecule has 0 spiro atoms.